The number of anilines is 1. The standard InChI is InChI=1S/C17H15FN4O/c1-9-6-10(2)21-17(20-9)22-16(23)14-7-11(3)19-15-5-4-12(18)8-13(14)15/h4-8H,1-3H3,(H,20,21,22,23). The molecule has 0 atom stereocenters. The Bertz CT molecular complexity index is 904. The average molecular weight is 310 g/mol. The van der Waals surface area contributed by atoms with E-state index in [0.29, 0.717) is 22.2 Å². The molecule has 0 aliphatic carbocycles. The molecular formula is C17H15FN4O. The number of rotatable bonds is 2. The lowest BCUT2D eigenvalue weighted by Gasteiger charge is -2.09. The summed E-state index contributed by atoms with van der Waals surface area (Å²) in [7, 11) is 0. The van der Waals surface area contributed by atoms with Crippen LogP contribution < -0.4 is 5.32 Å². The van der Waals surface area contributed by atoms with Gasteiger partial charge in [-0.2, -0.15) is 0 Å². The van der Waals surface area contributed by atoms with E-state index in [0.717, 1.165) is 11.4 Å². The molecular weight excluding hydrogens is 295 g/mol. The maximum atomic E-state index is 13.5. The van der Waals surface area contributed by atoms with Crippen LogP contribution in [0.25, 0.3) is 10.9 Å². The van der Waals surface area contributed by atoms with Crippen LogP contribution in [0, 0.1) is 26.6 Å². The summed E-state index contributed by atoms with van der Waals surface area (Å²) in [4.78, 5) is 25.3. The maximum absolute atomic E-state index is 13.5. The van der Waals surface area contributed by atoms with E-state index in [1.807, 2.05) is 19.9 Å². The molecule has 0 fully saturated rings. The number of carbonyl (C=O) groups excluding carboxylic acids is 1. The van der Waals surface area contributed by atoms with Crippen molar-refractivity contribution in [2.24, 2.45) is 0 Å². The smallest absolute Gasteiger partial charge is 0.258 e. The van der Waals surface area contributed by atoms with Crippen molar-refractivity contribution in [2.75, 3.05) is 5.32 Å². The molecule has 0 spiro atoms. The highest BCUT2D eigenvalue weighted by atomic mass is 19.1. The molecule has 0 aliphatic rings. The minimum atomic E-state index is -0.417. The predicted octanol–water partition coefficient (Wildman–Crippen LogP) is 3.34. The van der Waals surface area contributed by atoms with Crippen molar-refractivity contribution in [3.8, 4) is 0 Å². The normalized spacial score (nSPS) is 10.8. The molecule has 0 unspecified atom stereocenters. The van der Waals surface area contributed by atoms with E-state index in [1.165, 1.54) is 12.1 Å². The molecule has 0 bridgehead atoms. The van der Waals surface area contributed by atoms with Crippen molar-refractivity contribution in [3.05, 3.63) is 58.8 Å². The van der Waals surface area contributed by atoms with E-state index in [1.54, 1.807) is 19.1 Å². The van der Waals surface area contributed by atoms with Crippen molar-refractivity contribution >= 4 is 22.8 Å². The Balaban J connectivity index is 2.05. The Morgan fingerprint density at radius 1 is 0.957 bits per heavy atom. The molecule has 6 heteroatoms. The summed E-state index contributed by atoms with van der Waals surface area (Å²) >= 11 is 0. The predicted molar refractivity (Wildman–Crippen MR) is 85.9 cm³/mol. The molecule has 116 valence electrons. The molecule has 2 aromatic heterocycles. The summed E-state index contributed by atoms with van der Waals surface area (Å²) < 4.78 is 13.5. The fraction of sp³-hybridized carbons (Fsp3) is 0.176. The van der Waals surface area contributed by atoms with Crippen molar-refractivity contribution in [3.63, 3.8) is 0 Å². The first kappa shape index (κ1) is 15.0. The topological polar surface area (TPSA) is 67.8 Å². The number of hydrogen-bond donors (Lipinski definition) is 1. The molecule has 3 rings (SSSR count). The van der Waals surface area contributed by atoms with Gasteiger partial charge in [-0.3, -0.25) is 15.1 Å². The number of hydrogen-bond acceptors (Lipinski definition) is 4. The lowest BCUT2D eigenvalue weighted by molar-refractivity contribution is 0.102. The van der Waals surface area contributed by atoms with Crippen LogP contribution in [-0.4, -0.2) is 20.9 Å². The second-order valence-corrected chi connectivity index (χ2v) is 5.40. The first-order valence-electron chi connectivity index (χ1n) is 7.13. The molecule has 0 aliphatic heterocycles. The summed E-state index contributed by atoms with van der Waals surface area (Å²) in [6.07, 6.45) is 0. The van der Waals surface area contributed by atoms with Crippen LogP contribution in [0.15, 0.2) is 30.3 Å². The molecule has 1 N–H and O–H groups in total. The van der Waals surface area contributed by atoms with Crippen LogP contribution in [0.2, 0.25) is 0 Å². The van der Waals surface area contributed by atoms with E-state index in [4.69, 9.17) is 0 Å². The Kier molecular flexibility index (Phi) is 3.73. The number of nitrogens with zero attached hydrogens (tertiary/aromatic N) is 3. The third-order valence-corrected chi connectivity index (χ3v) is 3.35. The Hall–Kier alpha value is -2.89. The molecule has 5 nitrogen and oxygen atoms in total. The third-order valence-electron chi connectivity index (χ3n) is 3.35. The molecule has 1 amide bonds. The minimum Gasteiger partial charge on any atom is -0.290 e. The van der Waals surface area contributed by atoms with E-state index in [-0.39, 0.29) is 5.95 Å². The van der Waals surface area contributed by atoms with Gasteiger partial charge in [0.2, 0.25) is 5.95 Å². The van der Waals surface area contributed by atoms with E-state index >= 15 is 0 Å². The van der Waals surface area contributed by atoms with Gasteiger partial charge in [-0.25, -0.2) is 14.4 Å². The highest BCUT2D eigenvalue weighted by Gasteiger charge is 2.14. The first-order chi connectivity index (χ1) is 10.9. The molecule has 0 radical (unpaired) electrons. The summed E-state index contributed by atoms with van der Waals surface area (Å²) in [5, 5.41) is 3.12. The number of fused-ring (bicyclic) bond motifs is 1. The van der Waals surface area contributed by atoms with Gasteiger partial charge < -0.3 is 0 Å². The zero-order valence-electron chi connectivity index (χ0n) is 13.0. The molecule has 23 heavy (non-hydrogen) atoms. The highest BCUT2D eigenvalue weighted by molar-refractivity contribution is 6.11. The molecule has 0 saturated heterocycles. The van der Waals surface area contributed by atoms with Gasteiger partial charge in [0.15, 0.2) is 0 Å². The van der Waals surface area contributed by atoms with E-state index in [2.05, 4.69) is 20.3 Å². The van der Waals surface area contributed by atoms with Crippen LogP contribution in [-0.2, 0) is 0 Å². The second-order valence-electron chi connectivity index (χ2n) is 5.40. The van der Waals surface area contributed by atoms with Gasteiger partial charge in [0, 0.05) is 22.5 Å². The van der Waals surface area contributed by atoms with Gasteiger partial charge in [0.25, 0.3) is 5.91 Å². The number of aromatic nitrogens is 3. The Morgan fingerprint density at radius 2 is 1.61 bits per heavy atom. The number of carbonyl (C=O) groups is 1. The van der Waals surface area contributed by atoms with Gasteiger partial charge in [-0.05, 0) is 51.1 Å². The molecule has 0 saturated carbocycles. The van der Waals surface area contributed by atoms with Crippen LogP contribution in [0.4, 0.5) is 10.3 Å². The summed E-state index contributed by atoms with van der Waals surface area (Å²) in [6.45, 7) is 5.43. The number of halogens is 1. The lowest BCUT2D eigenvalue weighted by Crippen LogP contribution is -2.16. The van der Waals surface area contributed by atoms with Crippen LogP contribution in [0.3, 0.4) is 0 Å². The fourth-order valence-electron chi connectivity index (χ4n) is 2.47. The zero-order chi connectivity index (χ0) is 16.6. The first-order valence-corrected chi connectivity index (χ1v) is 7.13. The molecule has 2 heterocycles. The van der Waals surface area contributed by atoms with Gasteiger partial charge in [-0.15, -0.1) is 0 Å². The fourth-order valence-corrected chi connectivity index (χ4v) is 2.47. The maximum Gasteiger partial charge on any atom is 0.258 e. The monoisotopic (exact) mass is 310 g/mol. The van der Waals surface area contributed by atoms with Crippen LogP contribution in [0.5, 0.6) is 0 Å². The van der Waals surface area contributed by atoms with Crippen LogP contribution in [0.1, 0.15) is 27.4 Å². The lowest BCUT2D eigenvalue weighted by atomic mass is 10.1. The Labute approximate surface area is 132 Å². The van der Waals surface area contributed by atoms with E-state index in [9.17, 15) is 9.18 Å². The summed E-state index contributed by atoms with van der Waals surface area (Å²) in [6, 6.07) is 7.63. The van der Waals surface area contributed by atoms with Gasteiger partial charge in [0.1, 0.15) is 5.82 Å². The Morgan fingerprint density at radius 3 is 2.30 bits per heavy atom. The van der Waals surface area contributed by atoms with Gasteiger partial charge in [-0.1, -0.05) is 0 Å². The highest BCUT2D eigenvalue weighted by Crippen LogP contribution is 2.20. The molecule has 1 aromatic carbocycles. The minimum absolute atomic E-state index is 0.228. The number of pyridine rings is 1. The second kappa shape index (κ2) is 5.72. The SMILES string of the molecule is Cc1cc(C)nc(NC(=O)c2cc(C)nc3ccc(F)cc23)n1. The quantitative estimate of drug-likeness (QED) is 0.788. The summed E-state index contributed by atoms with van der Waals surface area (Å²) in [5.41, 5.74) is 3.10. The average Bonchev–Trinajstić information content (AvgIpc) is 2.45. The third kappa shape index (κ3) is 3.15. The van der Waals surface area contributed by atoms with Crippen molar-refractivity contribution < 1.29 is 9.18 Å². The largest absolute Gasteiger partial charge is 0.290 e. The number of nitrogens with one attached hydrogen (secondary N) is 1. The van der Waals surface area contributed by atoms with Gasteiger partial charge in [0.05, 0.1) is 11.1 Å². The van der Waals surface area contributed by atoms with E-state index < -0.39 is 11.7 Å². The van der Waals surface area contributed by atoms with Crippen molar-refractivity contribution in [1.82, 2.24) is 15.0 Å². The zero-order valence-corrected chi connectivity index (χ0v) is 13.0. The van der Waals surface area contributed by atoms with Gasteiger partial charge >= 0.3 is 0 Å². The number of benzene rings is 1. The summed E-state index contributed by atoms with van der Waals surface area (Å²) in [5.74, 6) is -0.581. The van der Waals surface area contributed by atoms with Crippen molar-refractivity contribution in [1.29, 1.82) is 0 Å². The van der Waals surface area contributed by atoms with Crippen molar-refractivity contribution in [2.45, 2.75) is 20.8 Å². The number of aryl methyl sites for hydroxylation is 3. The number of amides is 1. The van der Waals surface area contributed by atoms with Crippen LogP contribution >= 0.6 is 0 Å². The molecule has 3 aromatic rings.